The number of sulfonamides is 1. The number of nitrogens with one attached hydrogen (secondary N) is 1. The van der Waals surface area contributed by atoms with Crippen molar-refractivity contribution >= 4 is 50.2 Å². The van der Waals surface area contributed by atoms with Gasteiger partial charge < -0.3 is 5.32 Å². The zero-order valence-corrected chi connectivity index (χ0v) is 16.0. The fraction of sp³-hybridized carbons (Fsp3) is 0.0588. The molecule has 0 unspecified atom stereocenters. The first-order valence-electron chi connectivity index (χ1n) is 7.44. The lowest BCUT2D eigenvalue weighted by Crippen LogP contribution is -2.26. The number of rotatable bonds is 5. The van der Waals surface area contributed by atoms with Gasteiger partial charge in [0.25, 0.3) is 15.9 Å². The number of carbonyl (C=O) groups is 1. The van der Waals surface area contributed by atoms with Crippen LogP contribution in [0.3, 0.4) is 0 Å². The van der Waals surface area contributed by atoms with Crippen LogP contribution in [0.5, 0.6) is 0 Å². The van der Waals surface area contributed by atoms with Crippen molar-refractivity contribution in [3.05, 3.63) is 70.1 Å². The summed E-state index contributed by atoms with van der Waals surface area (Å²) in [4.78, 5) is 16.1. The van der Waals surface area contributed by atoms with E-state index < -0.39 is 15.9 Å². The number of benzene rings is 2. The Kier molecular flexibility index (Phi) is 5.26. The molecule has 0 radical (unpaired) electrons. The van der Waals surface area contributed by atoms with Crippen LogP contribution in [-0.2, 0) is 10.0 Å². The molecule has 9 heteroatoms. The number of para-hydroxylation sites is 1. The van der Waals surface area contributed by atoms with Crippen LogP contribution in [0.15, 0.2) is 64.9 Å². The molecule has 134 valence electrons. The van der Waals surface area contributed by atoms with E-state index in [1.807, 2.05) is 6.07 Å². The number of hydrogen-bond donors (Lipinski definition) is 1. The predicted octanol–water partition coefficient (Wildman–Crippen LogP) is 3.87. The van der Waals surface area contributed by atoms with Gasteiger partial charge in [-0.3, -0.25) is 9.10 Å². The monoisotopic (exact) mass is 407 g/mol. The number of anilines is 2. The molecule has 0 saturated carbocycles. The number of hydrogen-bond acceptors (Lipinski definition) is 5. The predicted molar refractivity (Wildman–Crippen MR) is 104 cm³/mol. The van der Waals surface area contributed by atoms with Gasteiger partial charge in [-0.1, -0.05) is 35.9 Å². The molecule has 3 aromatic rings. The van der Waals surface area contributed by atoms with Gasteiger partial charge >= 0.3 is 0 Å². The van der Waals surface area contributed by atoms with Crippen LogP contribution in [0.25, 0.3) is 0 Å². The molecule has 26 heavy (non-hydrogen) atoms. The molecule has 0 aliphatic rings. The molecule has 0 aliphatic carbocycles. The molecule has 3 rings (SSSR count). The van der Waals surface area contributed by atoms with Gasteiger partial charge in [0.15, 0.2) is 4.47 Å². The van der Waals surface area contributed by atoms with E-state index in [1.54, 1.807) is 36.4 Å². The summed E-state index contributed by atoms with van der Waals surface area (Å²) in [5, 5.41) is 4.16. The third kappa shape index (κ3) is 3.87. The second-order valence-electron chi connectivity index (χ2n) is 5.28. The summed E-state index contributed by atoms with van der Waals surface area (Å²) in [5.41, 5.74) is 1.07. The summed E-state index contributed by atoms with van der Waals surface area (Å²) >= 11 is 6.87. The molecule has 1 amide bonds. The average molecular weight is 408 g/mol. The maximum atomic E-state index is 12.8. The van der Waals surface area contributed by atoms with Crippen molar-refractivity contribution in [3.8, 4) is 0 Å². The highest BCUT2D eigenvalue weighted by molar-refractivity contribution is 7.92. The Bertz CT molecular complexity index is 1040. The lowest BCUT2D eigenvalue weighted by Gasteiger charge is -2.19. The highest BCUT2D eigenvalue weighted by atomic mass is 35.5. The summed E-state index contributed by atoms with van der Waals surface area (Å²) in [6.45, 7) is 0. The number of thiazole rings is 1. The molecule has 6 nitrogen and oxygen atoms in total. The molecule has 0 bridgehead atoms. The number of halogens is 1. The van der Waals surface area contributed by atoms with Crippen LogP contribution < -0.4 is 9.62 Å². The summed E-state index contributed by atoms with van der Waals surface area (Å²) in [6, 6.07) is 14.8. The quantitative estimate of drug-likeness (QED) is 0.696. The fourth-order valence-corrected chi connectivity index (χ4v) is 4.21. The van der Waals surface area contributed by atoms with E-state index in [0.29, 0.717) is 11.4 Å². The fourth-order valence-electron chi connectivity index (χ4n) is 2.22. The van der Waals surface area contributed by atoms with Gasteiger partial charge in [0.1, 0.15) is 5.69 Å². The Labute approximate surface area is 160 Å². The molecule has 0 aliphatic heterocycles. The van der Waals surface area contributed by atoms with Crippen LogP contribution in [0, 0.1) is 0 Å². The Hall–Kier alpha value is -2.42. The van der Waals surface area contributed by atoms with Gasteiger partial charge in [-0.2, -0.15) is 0 Å². The summed E-state index contributed by atoms with van der Waals surface area (Å²) in [6.07, 6.45) is 0. The van der Waals surface area contributed by atoms with E-state index in [2.05, 4.69) is 10.3 Å². The number of amides is 1. The third-order valence-corrected chi connectivity index (χ3v) is 6.34. The molecule has 1 N–H and O–H groups in total. The van der Waals surface area contributed by atoms with Crippen LogP contribution in [0.1, 0.15) is 10.5 Å². The van der Waals surface area contributed by atoms with Crippen LogP contribution >= 0.6 is 22.9 Å². The molecule has 1 heterocycles. The van der Waals surface area contributed by atoms with Gasteiger partial charge in [0.2, 0.25) is 0 Å². The molecular weight excluding hydrogens is 394 g/mol. The number of aromatic nitrogens is 1. The maximum absolute atomic E-state index is 12.8. The zero-order valence-electron chi connectivity index (χ0n) is 13.6. The van der Waals surface area contributed by atoms with E-state index in [9.17, 15) is 13.2 Å². The standard InChI is InChI=1S/C17H14ClN3O3S2/c1-21(13-7-3-2-4-8-13)26(23,24)14-9-5-6-12(10-14)19-16(22)15-11-25-17(18)20-15/h2-11H,1H3,(H,19,22). The van der Waals surface area contributed by atoms with Crippen molar-refractivity contribution in [1.82, 2.24) is 4.98 Å². The Morgan fingerprint density at radius 3 is 2.54 bits per heavy atom. The highest BCUT2D eigenvalue weighted by Crippen LogP contribution is 2.24. The minimum atomic E-state index is -3.76. The van der Waals surface area contributed by atoms with Crippen LogP contribution in [-0.4, -0.2) is 26.4 Å². The van der Waals surface area contributed by atoms with Gasteiger partial charge in [-0.25, -0.2) is 13.4 Å². The summed E-state index contributed by atoms with van der Waals surface area (Å²) < 4.78 is 27.1. The second kappa shape index (κ2) is 7.45. The SMILES string of the molecule is CN(c1ccccc1)S(=O)(=O)c1cccc(NC(=O)c2csc(Cl)n2)c1. The lowest BCUT2D eigenvalue weighted by atomic mass is 10.3. The van der Waals surface area contributed by atoms with Gasteiger partial charge in [-0.05, 0) is 30.3 Å². The van der Waals surface area contributed by atoms with Crippen molar-refractivity contribution in [2.24, 2.45) is 0 Å². The molecule has 1 aromatic heterocycles. The third-order valence-electron chi connectivity index (χ3n) is 3.58. The normalized spacial score (nSPS) is 11.2. The van der Waals surface area contributed by atoms with Crippen LogP contribution in [0.4, 0.5) is 11.4 Å². The van der Waals surface area contributed by atoms with Crippen molar-refractivity contribution in [3.63, 3.8) is 0 Å². The van der Waals surface area contributed by atoms with Crippen molar-refractivity contribution in [2.45, 2.75) is 4.90 Å². The highest BCUT2D eigenvalue weighted by Gasteiger charge is 2.22. The smallest absolute Gasteiger partial charge is 0.275 e. The molecule has 0 atom stereocenters. The molecule has 0 fully saturated rings. The molecule has 0 spiro atoms. The zero-order chi connectivity index (χ0) is 18.7. The van der Waals surface area contributed by atoms with E-state index >= 15 is 0 Å². The van der Waals surface area contributed by atoms with E-state index in [4.69, 9.17) is 11.6 Å². The Balaban J connectivity index is 1.85. The number of carbonyl (C=O) groups excluding carboxylic acids is 1. The van der Waals surface area contributed by atoms with Crippen molar-refractivity contribution in [2.75, 3.05) is 16.7 Å². The average Bonchev–Trinajstić information content (AvgIpc) is 3.08. The summed E-state index contributed by atoms with van der Waals surface area (Å²) in [5.74, 6) is -0.459. The topological polar surface area (TPSA) is 79.4 Å². The Morgan fingerprint density at radius 2 is 1.88 bits per heavy atom. The van der Waals surface area contributed by atoms with Gasteiger partial charge in [0, 0.05) is 18.1 Å². The lowest BCUT2D eigenvalue weighted by molar-refractivity contribution is 0.102. The summed E-state index contributed by atoms with van der Waals surface area (Å²) in [7, 11) is -2.28. The largest absolute Gasteiger partial charge is 0.321 e. The first-order valence-corrected chi connectivity index (χ1v) is 10.1. The second-order valence-corrected chi connectivity index (χ2v) is 8.69. The first kappa shape index (κ1) is 18.4. The molecule has 0 saturated heterocycles. The van der Waals surface area contributed by atoms with Crippen molar-refractivity contribution in [1.29, 1.82) is 0 Å². The van der Waals surface area contributed by atoms with E-state index in [1.165, 1.54) is 28.9 Å². The van der Waals surface area contributed by atoms with Crippen LogP contribution in [0.2, 0.25) is 4.47 Å². The van der Waals surface area contributed by atoms with E-state index in [-0.39, 0.29) is 15.1 Å². The van der Waals surface area contributed by atoms with Gasteiger partial charge in [-0.15, -0.1) is 11.3 Å². The van der Waals surface area contributed by atoms with E-state index in [0.717, 1.165) is 11.3 Å². The molecular formula is C17H14ClN3O3S2. The van der Waals surface area contributed by atoms with Gasteiger partial charge in [0.05, 0.1) is 10.6 Å². The first-order chi connectivity index (χ1) is 12.4. The number of nitrogens with zero attached hydrogens (tertiary/aromatic N) is 2. The minimum Gasteiger partial charge on any atom is -0.321 e. The Morgan fingerprint density at radius 1 is 1.15 bits per heavy atom. The van der Waals surface area contributed by atoms with Crippen molar-refractivity contribution < 1.29 is 13.2 Å². The maximum Gasteiger partial charge on any atom is 0.275 e. The molecule has 2 aromatic carbocycles. The minimum absolute atomic E-state index is 0.0676.